The summed E-state index contributed by atoms with van der Waals surface area (Å²) in [7, 11) is 1.51. The van der Waals surface area contributed by atoms with Gasteiger partial charge in [-0.25, -0.2) is 0 Å². The number of ether oxygens (including phenoxy) is 1. The molecular formula is C18H18N4O2. The van der Waals surface area contributed by atoms with Gasteiger partial charge in [-0.3, -0.25) is 14.5 Å². The van der Waals surface area contributed by atoms with Crippen LogP contribution in [0.2, 0.25) is 0 Å². The molecule has 2 heterocycles. The minimum atomic E-state index is -0.674. The molecule has 6 heteroatoms. The van der Waals surface area contributed by atoms with Crippen LogP contribution in [0, 0.1) is 0 Å². The van der Waals surface area contributed by atoms with Gasteiger partial charge in [0.25, 0.3) is 5.91 Å². The number of carbonyl (C=O) groups excluding carboxylic acids is 1. The Bertz CT molecular complexity index is 787. The molecule has 1 aromatic carbocycles. The molecule has 0 bridgehead atoms. The van der Waals surface area contributed by atoms with Crippen LogP contribution in [0.1, 0.15) is 17.4 Å². The molecule has 0 aliphatic heterocycles. The molecule has 0 fully saturated rings. The molecule has 0 spiro atoms. The van der Waals surface area contributed by atoms with Crippen molar-refractivity contribution in [2.24, 2.45) is 0 Å². The normalized spacial score (nSPS) is 11.9. The van der Waals surface area contributed by atoms with E-state index in [2.05, 4.69) is 15.4 Å². The van der Waals surface area contributed by atoms with E-state index in [0.29, 0.717) is 12.4 Å². The maximum atomic E-state index is 12.4. The second-order valence-electron chi connectivity index (χ2n) is 5.24. The fourth-order valence-corrected chi connectivity index (χ4v) is 2.39. The number of anilines is 1. The number of nitrogens with one attached hydrogen (secondary N) is 1. The van der Waals surface area contributed by atoms with Gasteiger partial charge in [-0.1, -0.05) is 36.4 Å². The van der Waals surface area contributed by atoms with Crippen LogP contribution in [0.5, 0.6) is 0 Å². The summed E-state index contributed by atoms with van der Waals surface area (Å²) in [4.78, 5) is 16.7. The largest absolute Gasteiger partial charge is 0.367 e. The molecule has 122 valence electrons. The van der Waals surface area contributed by atoms with Crippen LogP contribution in [0.25, 0.3) is 0 Å². The van der Waals surface area contributed by atoms with E-state index < -0.39 is 6.10 Å². The van der Waals surface area contributed by atoms with Crippen LogP contribution in [0.15, 0.2) is 67.0 Å². The minimum Gasteiger partial charge on any atom is -0.367 e. The SMILES string of the molecule is COC(C(=O)Nc1ccn(Cc2ccccn2)n1)c1ccccc1. The van der Waals surface area contributed by atoms with Crippen molar-refractivity contribution in [3.8, 4) is 0 Å². The molecule has 3 aromatic rings. The number of hydrogen-bond donors (Lipinski definition) is 1. The molecule has 1 atom stereocenters. The van der Waals surface area contributed by atoms with Gasteiger partial charge in [-0.05, 0) is 17.7 Å². The van der Waals surface area contributed by atoms with E-state index in [1.807, 2.05) is 48.5 Å². The topological polar surface area (TPSA) is 69.0 Å². The van der Waals surface area contributed by atoms with E-state index in [0.717, 1.165) is 11.3 Å². The average molecular weight is 322 g/mol. The highest BCUT2D eigenvalue weighted by Gasteiger charge is 2.20. The molecule has 0 aliphatic carbocycles. The maximum Gasteiger partial charge on any atom is 0.259 e. The Hall–Kier alpha value is -2.99. The Morgan fingerprint density at radius 3 is 2.67 bits per heavy atom. The number of benzene rings is 1. The van der Waals surface area contributed by atoms with Gasteiger partial charge < -0.3 is 10.1 Å². The van der Waals surface area contributed by atoms with Crippen molar-refractivity contribution in [3.05, 3.63) is 78.2 Å². The molecule has 3 rings (SSSR count). The second kappa shape index (κ2) is 7.52. The van der Waals surface area contributed by atoms with E-state index in [1.54, 1.807) is 23.1 Å². The molecule has 0 saturated heterocycles. The highest BCUT2D eigenvalue weighted by molar-refractivity contribution is 5.94. The molecule has 6 nitrogen and oxygen atoms in total. The monoisotopic (exact) mass is 322 g/mol. The number of pyridine rings is 1. The lowest BCUT2D eigenvalue weighted by Gasteiger charge is -2.14. The average Bonchev–Trinajstić information content (AvgIpc) is 3.04. The van der Waals surface area contributed by atoms with E-state index in [1.165, 1.54) is 7.11 Å². The smallest absolute Gasteiger partial charge is 0.259 e. The van der Waals surface area contributed by atoms with E-state index in [9.17, 15) is 4.79 Å². The second-order valence-corrected chi connectivity index (χ2v) is 5.24. The zero-order valence-corrected chi connectivity index (χ0v) is 13.3. The summed E-state index contributed by atoms with van der Waals surface area (Å²) >= 11 is 0. The van der Waals surface area contributed by atoms with Crippen molar-refractivity contribution in [3.63, 3.8) is 0 Å². The first-order valence-corrected chi connectivity index (χ1v) is 7.58. The van der Waals surface area contributed by atoms with Gasteiger partial charge in [-0.2, -0.15) is 5.10 Å². The van der Waals surface area contributed by atoms with Crippen LogP contribution < -0.4 is 5.32 Å². The highest BCUT2D eigenvalue weighted by atomic mass is 16.5. The van der Waals surface area contributed by atoms with Gasteiger partial charge in [0.1, 0.15) is 0 Å². The molecule has 0 saturated carbocycles. The number of rotatable bonds is 6. The Kier molecular flexibility index (Phi) is 4.98. The van der Waals surface area contributed by atoms with Crippen LogP contribution in [0.4, 0.5) is 5.82 Å². The van der Waals surface area contributed by atoms with E-state index >= 15 is 0 Å². The number of methoxy groups -OCH3 is 1. The quantitative estimate of drug-likeness (QED) is 0.757. The van der Waals surface area contributed by atoms with Crippen LogP contribution in [-0.2, 0) is 16.1 Å². The summed E-state index contributed by atoms with van der Waals surface area (Å²) in [5, 5.41) is 7.13. The van der Waals surface area contributed by atoms with Gasteiger partial charge in [0.05, 0.1) is 12.2 Å². The zero-order chi connectivity index (χ0) is 16.8. The standard InChI is InChI=1S/C18H18N4O2/c1-24-17(14-7-3-2-4-8-14)18(23)20-16-10-12-22(21-16)13-15-9-5-6-11-19-15/h2-12,17H,13H2,1H3,(H,20,21,23). The van der Waals surface area contributed by atoms with Gasteiger partial charge in [-0.15, -0.1) is 0 Å². The van der Waals surface area contributed by atoms with Crippen LogP contribution in [-0.4, -0.2) is 27.8 Å². The van der Waals surface area contributed by atoms with Crippen molar-refractivity contribution in [1.82, 2.24) is 14.8 Å². The number of nitrogens with zero attached hydrogens (tertiary/aromatic N) is 3. The minimum absolute atomic E-state index is 0.258. The number of carbonyl (C=O) groups is 1. The predicted octanol–water partition coefficient (Wildman–Crippen LogP) is 2.65. The Morgan fingerprint density at radius 2 is 1.96 bits per heavy atom. The van der Waals surface area contributed by atoms with Gasteiger partial charge in [0.15, 0.2) is 11.9 Å². The van der Waals surface area contributed by atoms with Crippen LogP contribution in [0.3, 0.4) is 0 Å². The van der Waals surface area contributed by atoms with Crippen molar-refractivity contribution >= 4 is 11.7 Å². The molecular weight excluding hydrogens is 304 g/mol. The van der Waals surface area contributed by atoms with Crippen LogP contribution >= 0.6 is 0 Å². The highest BCUT2D eigenvalue weighted by Crippen LogP contribution is 2.18. The third-order valence-corrected chi connectivity index (χ3v) is 3.52. The summed E-state index contributed by atoms with van der Waals surface area (Å²) in [5.74, 6) is 0.223. The summed E-state index contributed by atoms with van der Waals surface area (Å²) in [6.07, 6.45) is 2.87. The van der Waals surface area contributed by atoms with Crippen molar-refractivity contribution in [2.75, 3.05) is 12.4 Å². The molecule has 1 amide bonds. The Balaban J connectivity index is 1.66. The Morgan fingerprint density at radius 1 is 1.17 bits per heavy atom. The summed E-state index contributed by atoms with van der Waals surface area (Å²) < 4.78 is 7.04. The molecule has 0 aliphatic rings. The first-order valence-electron chi connectivity index (χ1n) is 7.58. The summed E-state index contributed by atoms with van der Waals surface area (Å²) in [6.45, 7) is 0.545. The molecule has 1 unspecified atom stereocenters. The van der Waals surface area contributed by atoms with Gasteiger partial charge >= 0.3 is 0 Å². The first-order chi connectivity index (χ1) is 11.8. The zero-order valence-electron chi connectivity index (χ0n) is 13.3. The lowest BCUT2D eigenvalue weighted by Crippen LogP contribution is -2.23. The lowest BCUT2D eigenvalue weighted by molar-refractivity contribution is -0.126. The fraction of sp³-hybridized carbons (Fsp3) is 0.167. The number of amides is 1. The Labute approximate surface area is 140 Å². The van der Waals surface area contributed by atoms with E-state index in [4.69, 9.17) is 4.74 Å². The lowest BCUT2D eigenvalue weighted by atomic mass is 10.1. The number of hydrogen-bond acceptors (Lipinski definition) is 4. The fourth-order valence-electron chi connectivity index (χ4n) is 2.39. The predicted molar refractivity (Wildman–Crippen MR) is 90.4 cm³/mol. The summed E-state index contributed by atoms with van der Waals surface area (Å²) in [6, 6.07) is 16.8. The molecule has 24 heavy (non-hydrogen) atoms. The van der Waals surface area contributed by atoms with Crippen molar-refractivity contribution < 1.29 is 9.53 Å². The first kappa shape index (κ1) is 15.9. The summed E-state index contributed by atoms with van der Waals surface area (Å²) in [5.41, 5.74) is 1.70. The number of aromatic nitrogens is 3. The molecule has 0 radical (unpaired) electrons. The van der Waals surface area contributed by atoms with Gasteiger partial charge in [0, 0.05) is 25.6 Å². The maximum absolute atomic E-state index is 12.4. The molecule has 2 aromatic heterocycles. The van der Waals surface area contributed by atoms with Gasteiger partial charge in [0.2, 0.25) is 0 Å². The van der Waals surface area contributed by atoms with Crippen molar-refractivity contribution in [2.45, 2.75) is 12.6 Å². The third-order valence-electron chi connectivity index (χ3n) is 3.52. The third kappa shape index (κ3) is 3.85. The van der Waals surface area contributed by atoms with E-state index in [-0.39, 0.29) is 5.91 Å². The van der Waals surface area contributed by atoms with Crippen molar-refractivity contribution in [1.29, 1.82) is 0 Å². The molecule has 1 N–H and O–H groups in total.